The summed E-state index contributed by atoms with van der Waals surface area (Å²) < 4.78 is 6.31. The quantitative estimate of drug-likeness (QED) is 0.241. The lowest BCUT2D eigenvalue weighted by molar-refractivity contribution is 0.483. The smallest absolute Gasteiger partial charge is 0.130 e. The van der Waals surface area contributed by atoms with Crippen LogP contribution < -0.4 is 10.1 Å². The van der Waals surface area contributed by atoms with E-state index in [1.54, 1.807) is 0 Å². The van der Waals surface area contributed by atoms with E-state index in [-0.39, 0.29) is 0 Å². The summed E-state index contributed by atoms with van der Waals surface area (Å²) in [7, 11) is 0. The Kier molecular flexibility index (Phi) is 6.69. The molecule has 0 atom stereocenters. The molecule has 0 spiro atoms. The van der Waals surface area contributed by atoms with Crippen molar-refractivity contribution in [2.45, 2.75) is 0 Å². The van der Waals surface area contributed by atoms with Gasteiger partial charge in [-0.15, -0.1) is 0 Å². The summed E-state index contributed by atoms with van der Waals surface area (Å²) in [5, 5.41) is 3.79. The maximum atomic E-state index is 6.31. The highest BCUT2D eigenvalue weighted by Crippen LogP contribution is 2.40. The molecule has 0 aliphatic rings. The Morgan fingerprint density at radius 1 is 0.368 bits per heavy atom. The summed E-state index contributed by atoms with van der Waals surface area (Å²) in [6, 6.07) is 54.2. The predicted octanol–water partition coefficient (Wildman–Crippen LogP) is 10.2. The Balaban J connectivity index is 1.49. The van der Waals surface area contributed by atoms with Crippen LogP contribution in [0.5, 0.6) is 11.5 Å². The predicted molar refractivity (Wildman–Crippen MR) is 159 cm³/mol. The van der Waals surface area contributed by atoms with Crippen LogP contribution >= 0.6 is 0 Å². The molecule has 0 saturated heterocycles. The third kappa shape index (κ3) is 5.21. The van der Waals surface area contributed by atoms with E-state index in [9.17, 15) is 0 Å². The van der Waals surface area contributed by atoms with Crippen LogP contribution in [0.25, 0.3) is 33.4 Å². The minimum Gasteiger partial charge on any atom is -0.457 e. The van der Waals surface area contributed by atoms with E-state index in [1.807, 2.05) is 48.5 Å². The minimum absolute atomic E-state index is 0.776. The lowest BCUT2D eigenvalue weighted by Gasteiger charge is -2.19. The average Bonchev–Trinajstić information content (AvgIpc) is 2.99. The molecule has 0 aliphatic carbocycles. The van der Waals surface area contributed by atoms with E-state index < -0.39 is 0 Å². The molecule has 6 aromatic rings. The molecule has 6 rings (SSSR count). The largest absolute Gasteiger partial charge is 0.457 e. The number of ether oxygens (including phenoxy) is 1. The lowest BCUT2D eigenvalue weighted by Crippen LogP contribution is -1.98. The molecule has 0 radical (unpaired) electrons. The topological polar surface area (TPSA) is 21.3 Å². The molecule has 0 bridgehead atoms. The van der Waals surface area contributed by atoms with Crippen molar-refractivity contribution in [3.63, 3.8) is 0 Å². The van der Waals surface area contributed by atoms with Crippen molar-refractivity contribution in [2.75, 3.05) is 5.32 Å². The van der Waals surface area contributed by atoms with Gasteiger partial charge in [0.25, 0.3) is 0 Å². The maximum absolute atomic E-state index is 6.31. The fourth-order valence-electron chi connectivity index (χ4n) is 4.70. The Morgan fingerprint density at radius 2 is 0.868 bits per heavy atom. The molecule has 0 fully saturated rings. The second-order valence-corrected chi connectivity index (χ2v) is 9.11. The average molecular weight is 490 g/mol. The van der Waals surface area contributed by atoms with E-state index in [4.69, 9.17) is 4.74 Å². The summed E-state index contributed by atoms with van der Waals surface area (Å²) in [6.07, 6.45) is 0. The van der Waals surface area contributed by atoms with Crippen LogP contribution in [-0.4, -0.2) is 0 Å². The molecule has 0 saturated carbocycles. The van der Waals surface area contributed by atoms with Crippen LogP contribution in [0.3, 0.4) is 0 Å². The Morgan fingerprint density at radius 3 is 1.42 bits per heavy atom. The first-order valence-electron chi connectivity index (χ1n) is 12.8. The Bertz CT molecular complexity index is 1570. The molecule has 38 heavy (non-hydrogen) atoms. The zero-order valence-corrected chi connectivity index (χ0v) is 20.9. The summed E-state index contributed by atoms with van der Waals surface area (Å²) in [6.45, 7) is 0. The zero-order valence-electron chi connectivity index (χ0n) is 20.9. The van der Waals surface area contributed by atoms with Crippen LogP contribution in [0, 0.1) is 0 Å². The summed E-state index contributed by atoms with van der Waals surface area (Å²) in [4.78, 5) is 0. The van der Waals surface area contributed by atoms with Gasteiger partial charge in [-0.1, -0.05) is 127 Å². The van der Waals surface area contributed by atoms with E-state index in [0.717, 1.165) is 56.3 Å². The minimum atomic E-state index is 0.776. The number of hydrogen-bond donors (Lipinski definition) is 1. The summed E-state index contributed by atoms with van der Waals surface area (Å²) in [5.74, 6) is 1.58. The van der Waals surface area contributed by atoms with Gasteiger partial charge in [-0.25, -0.2) is 0 Å². The second kappa shape index (κ2) is 10.9. The van der Waals surface area contributed by atoms with Crippen LogP contribution in [0.1, 0.15) is 0 Å². The van der Waals surface area contributed by atoms with Gasteiger partial charge in [0.1, 0.15) is 11.5 Å². The number of para-hydroxylation sites is 2. The van der Waals surface area contributed by atoms with E-state index in [2.05, 4.69) is 115 Å². The highest BCUT2D eigenvalue weighted by atomic mass is 16.5. The molecule has 0 unspecified atom stereocenters. The third-order valence-electron chi connectivity index (χ3n) is 6.50. The molecule has 0 aliphatic heterocycles. The molecule has 182 valence electrons. The van der Waals surface area contributed by atoms with Crippen molar-refractivity contribution in [2.24, 2.45) is 0 Å². The highest BCUT2D eigenvalue weighted by Gasteiger charge is 2.14. The van der Waals surface area contributed by atoms with E-state index in [1.165, 1.54) is 0 Å². The first kappa shape index (κ1) is 23.3. The van der Waals surface area contributed by atoms with Crippen molar-refractivity contribution in [3.8, 4) is 44.9 Å². The first-order valence-corrected chi connectivity index (χ1v) is 12.8. The number of rotatable bonds is 7. The summed E-state index contributed by atoms with van der Waals surface area (Å²) in [5.41, 5.74) is 8.83. The highest BCUT2D eigenvalue weighted by molar-refractivity contribution is 5.93. The third-order valence-corrected chi connectivity index (χ3v) is 6.50. The SMILES string of the molecule is c1ccc(Oc2cc(Nc3c(-c4ccccc4)cccc3-c3ccccc3)cc(-c3ccccc3)c2)cc1. The number of nitrogens with one attached hydrogen (secondary N) is 1. The molecule has 0 heterocycles. The van der Waals surface area contributed by atoms with Gasteiger partial charge in [0, 0.05) is 22.9 Å². The molecule has 2 nitrogen and oxygen atoms in total. The van der Waals surface area contributed by atoms with Gasteiger partial charge in [0.05, 0.1) is 5.69 Å². The van der Waals surface area contributed by atoms with Gasteiger partial charge in [0.15, 0.2) is 0 Å². The van der Waals surface area contributed by atoms with Crippen molar-refractivity contribution in [1.82, 2.24) is 0 Å². The van der Waals surface area contributed by atoms with E-state index in [0.29, 0.717) is 0 Å². The number of hydrogen-bond acceptors (Lipinski definition) is 2. The zero-order chi connectivity index (χ0) is 25.6. The fraction of sp³-hybridized carbons (Fsp3) is 0. The van der Waals surface area contributed by atoms with Crippen LogP contribution in [-0.2, 0) is 0 Å². The first-order chi connectivity index (χ1) is 18.8. The molecule has 1 N–H and O–H groups in total. The molecule has 0 amide bonds. The van der Waals surface area contributed by atoms with Gasteiger partial charge < -0.3 is 10.1 Å². The van der Waals surface area contributed by atoms with Crippen molar-refractivity contribution in [1.29, 1.82) is 0 Å². The van der Waals surface area contributed by atoms with Crippen LogP contribution in [0.2, 0.25) is 0 Å². The summed E-state index contributed by atoms with van der Waals surface area (Å²) >= 11 is 0. The monoisotopic (exact) mass is 489 g/mol. The van der Waals surface area contributed by atoms with Gasteiger partial charge >= 0.3 is 0 Å². The molecular formula is C36H27NO. The molecule has 6 aromatic carbocycles. The van der Waals surface area contributed by atoms with Gasteiger partial charge in [-0.3, -0.25) is 0 Å². The fourth-order valence-corrected chi connectivity index (χ4v) is 4.70. The Hall–Kier alpha value is -5.08. The van der Waals surface area contributed by atoms with Crippen LogP contribution in [0.4, 0.5) is 11.4 Å². The Labute approximate surface area is 223 Å². The lowest BCUT2D eigenvalue weighted by atomic mass is 9.95. The van der Waals surface area contributed by atoms with Crippen molar-refractivity contribution >= 4 is 11.4 Å². The standard InChI is InChI=1S/C36H27NO/c1-5-14-27(15-6-1)30-24-31(26-33(25-30)38-32-20-11-4-12-21-32)37-36-34(28-16-7-2-8-17-28)22-13-23-35(36)29-18-9-3-10-19-29/h1-26,37H. The molecule has 2 heteroatoms. The maximum Gasteiger partial charge on any atom is 0.130 e. The van der Waals surface area contributed by atoms with Gasteiger partial charge in [0.2, 0.25) is 0 Å². The molecular weight excluding hydrogens is 462 g/mol. The van der Waals surface area contributed by atoms with E-state index >= 15 is 0 Å². The van der Waals surface area contributed by atoms with Gasteiger partial charge in [-0.05, 0) is 46.5 Å². The normalized spacial score (nSPS) is 10.6. The van der Waals surface area contributed by atoms with Crippen molar-refractivity contribution < 1.29 is 4.74 Å². The second-order valence-electron chi connectivity index (χ2n) is 9.11. The number of benzene rings is 6. The van der Waals surface area contributed by atoms with Crippen LogP contribution in [0.15, 0.2) is 158 Å². The van der Waals surface area contributed by atoms with Gasteiger partial charge in [-0.2, -0.15) is 0 Å². The number of anilines is 2. The molecule has 0 aromatic heterocycles. The van der Waals surface area contributed by atoms with Crippen molar-refractivity contribution in [3.05, 3.63) is 158 Å².